The van der Waals surface area contributed by atoms with Crippen molar-refractivity contribution in [1.29, 1.82) is 0 Å². The minimum absolute atomic E-state index is 0.0264. The van der Waals surface area contributed by atoms with Crippen LogP contribution < -0.4 is 5.32 Å². The van der Waals surface area contributed by atoms with E-state index in [4.69, 9.17) is 0 Å². The number of hydrogen-bond acceptors (Lipinski definition) is 4. The van der Waals surface area contributed by atoms with Crippen LogP contribution in [0.25, 0.3) is 0 Å². The molecule has 20 heavy (non-hydrogen) atoms. The van der Waals surface area contributed by atoms with Crippen LogP contribution in [-0.2, 0) is 0 Å². The average molecular weight is 280 g/mol. The zero-order valence-corrected chi connectivity index (χ0v) is 11.9. The molecule has 1 amide bonds. The molecule has 2 atom stereocenters. The van der Waals surface area contributed by atoms with Crippen molar-refractivity contribution in [1.82, 2.24) is 5.32 Å². The Kier molecular flexibility index (Phi) is 5.64. The molecule has 1 aromatic rings. The molecule has 0 aliphatic rings. The molecule has 0 spiro atoms. The molecule has 2 unspecified atom stereocenters. The number of carbonyl (C=O) groups excluding carboxylic acids is 1. The summed E-state index contributed by atoms with van der Waals surface area (Å²) in [5.41, 5.74) is 0.973. The number of nitrogens with zero attached hydrogens (tertiary/aromatic N) is 1. The number of benzene rings is 1. The second kappa shape index (κ2) is 7.00. The van der Waals surface area contributed by atoms with Gasteiger partial charge in [-0.3, -0.25) is 14.9 Å². The fourth-order valence-electron chi connectivity index (χ4n) is 2.04. The number of aliphatic hydroxyl groups is 1. The Morgan fingerprint density at radius 2 is 2.10 bits per heavy atom. The molecule has 0 saturated heterocycles. The van der Waals surface area contributed by atoms with Gasteiger partial charge in [-0.05, 0) is 37.8 Å². The van der Waals surface area contributed by atoms with E-state index in [-0.39, 0.29) is 17.5 Å². The third kappa shape index (κ3) is 4.62. The van der Waals surface area contributed by atoms with Crippen molar-refractivity contribution in [3.05, 3.63) is 39.4 Å². The number of aliphatic hydroxyl groups excluding tert-OH is 1. The molecule has 0 saturated carbocycles. The lowest BCUT2D eigenvalue weighted by Crippen LogP contribution is -2.30. The Balaban J connectivity index is 2.66. The van der Waals surface area contributed by atoms with Crippen LogP contribution in [-0.4, -0.2) is 28.6 Å². The molecule has 0 aliphatic carbocycles. The van der Waals surface area contributed by atoms with Crippen molar-refractivity contribution in [3.63, 3.8) is 0 Å². The van der Waals surface area contributed by atoms with Crippen LogP contribution in [0.4, 0.5) is 5.69 Å². The zero-order chi connectivity index (χ0) is 15.3. The first-order valence-corrected chi connectivity index (χ1v) is 6.52. The molecular weight excluding hydrogens is 260 g/mol. The number of rotatable bonds is 6. The molecule has 0 fully saturated rings. The van der Waals surface area contributed by atoms with Gasteiger partial charge in [0, 0.05) is 24.2 Å². The predicted octanol–water partition coefficient (Wildman–Crippen LogP) is 2.04. The topological polar surface area (TPSA) is 92.5 Å². The van der Waals surface area contributed by atoms with Gasteiger partial charge in [-0.15, -0.1) is 0 Å². The van der Waals surface area contributed by atoms with Gasteiger partial charge in [-0.25, -0.2) is 0 Å². The summed E-state index contributed by atoms with van der Waals surface area (Å²) in [7, 11) is 0. The summed E-state index contributed by atoms with van der Waals surface area (Å²) >= 11 is 0. The number of amides is 1. The van der Waals surface area contributed by atoms with Crippen LogP contribution in [0.1, 0.15) is 36.2 Å². The second-order valence-electron chi connectivity index (χ2n) is 5.16. The molecule has 110 valence electrons. The highest BCUT2D eigenvalue weighted by atomic mass is 16.6. The third-order valence-electron chi connectivity index (χ3n) is 3.02. The molecule has 2 N–H and O–H groups in total. The maximum absolute atomic E-state index is 12.0. The van der Waals surface area contributed by atoms with Gasteiger partial charge in [0.05, 0.1) is 11.0 Å². The van der Waals surface area contributed by atoms with Gasteiger partial charge < -0.3 is 10.4 Å². The van der Waals surface area contributed by atoms with Crippen molar-refractivity contribution in [2.75, 3.05) is 6.54 Å². The van der Waals surface area contributed by atoms with E-state index in [9.17, 15) is 20.0 Å². The first kappa shape index (κ1) is 16.1. The smallest absolute Gasteiger partial charge is 0.269 e. The zero-order valence-electron chi connectivity index (χ0n) is 11.9. The largest absolute Gasteiger partial charge is 0.393 e. The average Bonchev–Trinajstić information content (AvgIpc) is 2.34. The van der Waals surface area contributed by atoms with Crippen LogP contribution in [0.2, 0.25) is 0 Å². The van der Waals surface area contributed by atoms with E-state index in [0.29, 0.717) is 24.1 Å². The van der Waals surface area contributed by atoms with Crippen LogP contribution in [0.5, 0.6) is 0 Å². The number of hydrogen-bond donors (Lipinski definition) is 2. The molecule has 0 aromatic heterocycles. The number of non-ortho nitro benzene ring substituents is 1. The molecule has 6 nitrogen and oxygen atoms in total. The lowest BCUT2D eigenvalue weighted by molar-refractivity contribution is -0.384. The molecule has 0 radical (unpaired) electrons. The molecule has 6 heteroatoms. The summed E-state index contributed by atoms with van der Waals surface area (Å²) in [4.78, 5) is 22.1. The molecule has 0 heterocycles. The second-order valence-corrected chi connectivity index (χ2v) is 5.16. The van der Waals surface area contributed by atoms with Crippen LogP contribution >= 0.6 is 0 Å². The molecular formula is C14H20N2O4. The number of nitro benzene ring substituents is 1. The maximum Gasteiger partial charge on any atom is 0.269 e. The van der Waals surface area contributed by atoms with Gasteiger partial charge in [-0.1, -0.05) is 6.92 Å². The van der Waals surface area contributed by atoms with E-state index in [1.54, 1.807) is 13.8 Å². The Hall–Kier alpha value is -1.95. The number of aryl methyl sites for hydroxylation is 1. The summed E-state index contributed by atoms with van der Waals surface area (Å²) < 4.78 is 0. The number of carbonyl (C=O) groups is 1. The van der Waals surface area contributed by atoms with E-state index in [0.717, 1.165) is 0 Å². The van der Waals surface area contributed by atoms with Crippen molar-refractivity contribution < 1.29 is 14.8 Å². The standard InChI is InChI=1S/C14H20N2O4/c1-9(6-11(3)17)8-15-14(18)13-5-4-12(16(19)20)7-10(13)2/h4-5,7,9,11,17H,6,8H2,1-3H3,(H,15,18). The molecule has 1 rings (SSSR count). The Morgan fingerprint density at radius 3 is 2.60 bits per heavy atom. The summed E-state index contributed by atoms with van der Waals surface area (Å²) in [6, 6.07) is 4.16. The van der Waals surface area contributed by atoms with Gasteiger partial charge >= 0.3 is 0 Å². The van der Waals surface area contributed by atoms with E-state index in [1.165, 1.54) is 18.2 Å². The minimum Gasteiger partial charge on any atom is -0.393 e. The summed E-state index contributed by atoms with van der Waals surface area (Å²) in [5.74, 6) is -0.0906. The first-order valence-electron chi connectivity index (χ1n) is 6.52. The molecule has 0 aliphatic heterocycles. The lowest BCUT2D eigenvalue weighted by Gasteiger charge is -2.14. The van der Waals surface area contributed by atoms with Crippen LogP contribution in [0.3, 0.4) is 0 Å². The van der Waals surface area contributed by atoms with Crippen molar-refractivity contribution in [2.45, 2.75) is 33.3 Å². The maximum atomic E-state index is 12.0. The van der Waals surface area contributed by atoms with Crippen molar-refractivity contribution in [3.8, 4) is 0 Å². The normalized spacial score (nSPS) is 13.6. The lowest BCUT2D eigenvalue weighted by atomic mass is 10.0. The third-order valence-corrected chi connectivity index (χ3v) is 3.02. The summed E-state index contributed by atoms with van der Waals surface area (Å²) in [6.07, 6.45) is 0.211. The number of nitrogens with one attached hydrogen (secondary N) is 1. The van der Waals surface area contributed by atoms with Crippen LogP contribution in [0, 0.1) is 23.0 Å². The Morgan fingerprint density at radius 1 is 1.45 bits per heavy atom. The molecule has 1 aromatic carbocycles. The Labute approximate surface area is 118 Å². The van der Waals surface area contributed by atoms with E-state index in [1.807, 2.05) is 6.92 Å². The van der Waals surface area contributed by atoms with Crippen molar-refractivity contribution >= 4 is 11.6 Å². The Bertz CT molecular complexity index is 500. The highest BCUT2D eigenvalue weighted by Crippen LogP contribution is 2.17. The van der Waals surface area contributed by atoms with Gasteiger partial charge in [0.15, 0.2) is 0 Å². The highest BCUT2D eigenvalue weighted by Gasteiger charge is 2.14. The number of nitro groups is 1. The van der Waals surface area contributed by atoms with Crippen LogP contribution in [0.15, 0.2) is 18.2 Å². The summed E-state index contributed by atoms with van der Waals surface area (Å²) in [6.45, 7) is 5.77. The minimum atomic E-state index is -0.487. The van der Waals surface area contributed by atoms with E-state index in [2.05, 4.69) is 5.32 Å². The quantitative estimate of drug-likeness (QED) is 0.616. The van der Waals surface area contributed by atoms with Crippen molar-refractivity contribution in [2.24, 2.45) is 5.92 Å². The highest BCUT2D eigenvalue weighted by molar-refractivity contribution is 5.95. The van der Waals surface area contributed by atoms with E-state index >= 15 is 0 Å². The van der Waals surface area contributed by atoms with Gasteiger partial charge in [-0.2, -0.15) is 0 Å². The van der Waals surface area contributed by atoms with Gasteiger partial charge in [0.2, 0.25) is 0 Å². The monoisotopic (exact) mass is 280 g/mol. The SMILES string of the molecule is Cc1cc([N+](=O)[O-])ccc1C(=O)NCC(C)CC(C)O. The van der Waals surface area contributed by atoms with E-state index < -0.39 is 11.0 Å². The van der Waals surface area contributed by atoms with Gasteiger partial charge in [0.1, 0.15) is 0 Å². The molecule has 0 bridgehead atoms. The predicted molar refractivity (Wildman–Crippen MR) is 75.6 cm³/mol. The summed E-state index contributed by atoms with van der Waals surface area (Å²) in [5, 5.41) is 22.7. The fraction of sp³-hybridized carbons (Fsp3) is 0.500. The van der Waals surface area contributed by atoms with Gasteiger partial charge in [0.25, 0.3) is 11.6 Å². The fourth-order valence-corrected chi connectivity index (χ4v) is 2.04. The first-order chi connectivity index (χ1) is 9.31.